The van der Waals surface area contributed by atoms with E-state index in [1.54, 1.807) is 0 Å². The summed E-state index contributed by atoms with van der Waals surface area (Å²) < 4.78 is 24.1. The van der Waals surface area contributed by atoms with Gasteiger partial charge in [-0.25, -0.2) is 12.7 Å². The van der Waals surface area contributed by atoms with Crippen LogP contribution >= 0.6 is 0 Å². The Morgan fingerprint density at radius 1 is 1.41 bits per heavy atom. The number of amides is 1. The SMILES string of the molecule is CN(C)S(=O)(=O)CCNC(=O)C1(CN)CCC1. The predicted octanol–water partition coefficient (Wildman–Crippen LogP) is -0.877. The molecule has 1 amide bonds. The van der Waals surface area contributed by atoms with Crippen LogP contribution in [0.3, 0.4) is 0 Å². The van der Waals surface area contributed by atoms with Crippen LogP contribution in [0.5, 0.6) is 0 Å². The third-order valence-corrected chi connectivity index (χ3v) is 5.22. The molecule has 7 heteroatoms. The van der Waals surface area contributed by atoms with Crippen LogP contribution in [0.15, 0.2) is 0 Å². The molecule has 17 heavy (non-hydrogen) atoms. The zero-order valence-corrected chi connectivity index (χ0v) is 11.2. The minimum absolute atomic E-state index is 0.0770. The van der Waals surface area contributed by atoms with Gasteiger partial charge in [-0.15, -0.1) is 0 Å². The van der Waals surface area contributed by atoms with Crippen molar-refractivity contribution in [3.05, 3.63) is 0 Å². The van der Waals surface area contributed by atoms with Crippen LogP contribution in [0, 0.1) is 5.41 Å². The quantitative estimate of drug-likeness (QED) is 0.651. The molecule has 0 atom stereocenters. The standard InChI is InChI=1S/C10H21N3O3S/c1-13(2)17(15,16)7-6-12-9(14)10(8-11)4-3-5-10/h3-8,11H2,1-2H3,(H,12,14). The van der Waals surface area contributed by atoms with Crippen LogP contribution in [0.2, 0.25) is 0 Å². The second kappa shape index (κ2) is 5.32. The fourth-order valence-corrected chi connectivity index (χ4v) is 2.52. The fourth-order valence-electron chi connectivity index (χ4n) is 1.79. The molecule has 0 saturated heterocycles. The maximum atomic E-state index is 11.8. The van der Waals surface area contributed by atoms with Crippen molar-refractivity contribution < 1.29 is 13.2 Å². The second-order valence-electron chi connectivity index (χ2n) is 4.69. The number of rotatable bonds is 6. The van der Waals surface area contributed by atoms with Gasteiger partial charge in [-0.05, 0) is 12.8 Å². The molecule has 3 N–H and O–H groups in total. The predicted molar refractivity (Wildman–Crippen MR) is 65.8 cm³/mol. The maximum absolute atomic E-state index is 11.8. The van der Waals surface area contributed by atoms with Crippen LogP contribution in [-0.2, 0) is 14.8 Å². The van der Waals surface area contributed by atoms with Crippen molar-refractivity contribution in [2.75, 3.05) is 32.9 Å². The van der Waals surface area contributed by atoms with Gasteiger partial charge in [-0.1, -0.05) is 6.42 Å². The number of nitrogens with zero attached hydrogens (tertiary/aromatic N) is 1. The topological polar surface area (TPSA) is 92.5 Å². The minimum Gasteiger partial charge on any atom is -0.355 e. The molecule has 100 valence electrons. The maximum Gasteiger partial charge on any atom is 0.227 e. The summed E-state index contributed by atoms with van der Waals surface area (Å²) >= 11 is 0. The Morgan fingerprint density at radius 2 is 2.00 bits per heavy atom. The molecule has 1 aliphatic carbocycles. The first-order valence-corrected chi connectivity index (χ1v) is 7.33. The molecule has 1 saturated carbocycles. The zero-order valence-electron chi connectivity index (χ0n) is 10.4. The van der Waals surface area contributed by atoms with Gasteiger partial charge in [0.1, 0.15) is 0 Å². The zero-order chi connectivity index (χ0) is 13.1. The molecule has 0 aromatic heterocycles. The lowest BCUT2D eigenvalue weighted by atomic mass is 9.68. The van der Waals surface area contributed by atoms with Gasteiger partial charge in [0.25, 0.3) is 0 Å². The summed E-state index contributed by atoms with van der Waals surface area (Å²) in [6.07, 6.45) is 2.62. The van der Waals surface area contributed by atoms with Crippen molar-refractivity contribution >= 4 is 15.9 Å². The Kier molecular flexibility index (Phi) is 4.51. The summed E-state index contributed by atoms with van der Waals surface area (Å²) in [5, 5.41) is 2.66. The number of nitrogens with one attached hydrogen (secondary N) is 1. The molecule has 0 aliphatic heterocycles. The summed E-state index contributed by atoms with van der Waals surface area (Å²) in [5.74, 6) is -0.188. The third kappa shape index (κ3) is 3.17. The van der Waals surface area contributed by atoms with E-state index in [0.29, 0.717) is 6.54 Å². The number of hydrogen-bond donors (Lipinski definition) is 2. The Labute approximate surface area is 103 Å². The molecule has 1 rings (SSSR count). The molecule has 0 radical (unpaired) electrons. The van der Waals surface area contributed by atoms with Gasteiger partial charge in [0.15, 0.2) is 0 Å². The molecule has 0 unspecified atom stereocenters. The molecule has 0 spiro atoms. The largest absolute Gasteiger partial charge is 0.355 e. The smallest absolute Gasteiger partial charge is 0.227 e. The second-order valence-corrected chi connectivity index (χ2v) is 6.99. The molecule has 0 aromatic rings. The average molecular weight is 263 g/mol. The van der Waals surface area contributed by atoms with E-state index in [4.69, 9.17) is 5.73 Å². The molecular formula is C10H21N3O3S. The molecule has 1 aliphatic rings. The summed E-state index contributed by atoms with van der Waals surface area (Å²) in [5.41, 5.74) is 5.15. The molecule has 6 nitrogen and oxygen atoms in total. The van der Waals surface area contributed by atoms with Crippen LogP contribution in [0.4, 0.5) is 0 Å². The van der Waals surface area contributed by atoms with Crippen LogP contribution < -0.4 is 11.1 Å². The first-order valence-electron chi connectivity index (χ1n) is 5.73. The van der Waals surface area contributed by atoms with E-state index in [2.05, 4.69) is 5.32 Å². The lowest BCUT2D eigenvalue weighted by Crippen LogP contribution is -2.51. The molecule has 1 fully saturated rings. The van der Waals surface area contributed by atoms with Gasteiger partial charge in [-0.2, -0.15) is 0 Å². The van der Waals surface area contributed by atoms with Crippen molar-refractivity contribution in [2.45, 2.75) is 19.3 Å². The highest BCUT2D eigenvalue weighted by atomic mass is 32.2. The van der Waals surface area contributed by atoms with E-state index in [1.165, 1.54) is 14.1 Å². The Morgan fingerprint density at radius 3 is 2.35 bits per heavy atom. The minimum atomic E-state index is -3.25. The van der Waals surface area contributed by atoms with Crippen molar-refractivity contribution in [1.82, 2.24) is 9.62 Å². The van der Waals surface area contributed by atoms with Crippen LogP contribution in [-0.4, -0.2) is 51.6 Å². The van der Waals surface area contributed by atoms with Crippen LogP contribution in [0.1, 0.15) is 19.3 Å². The van der Waals surface area contributed by atoms with E-state index in [0.717, 1.165) is 23.6 Å². The third-order valence-electron chi connectivity index (χ3n) is 3.38. The van der Waals surface area contributed by atoms with Crippen molar-refractivity contribution in [3.8, 4) is 0 Å². The average Bonchev–Trinajstić information content (AvgIpc) is 2.16. The highest BCUT2D eigenvalue weighted by Gasteiger charge is 2.42. The van der Waals surface area contributed by atoms with Crippen molar-refractivity contribution in [1.29, 1.82) is 0 Å². The van der Waals surface area contributed by atoms with E-state index in [1.807, 2.05) is 0 Å². The summed E-state index contributed by atoms with van der Waals surface area (Å²) in [7, 11) is -0.294. The molecular weight excluding hydrogens is 242 g/mol. The highest BCUT2D eigenvalue weighted by Crippen LogP contribution is 2.39. The number of nitrogens with two attached hydrogens (primary N) is 1. The first kappa shape index (κ1) is 14.4. The normalized spacial score (nSPS) is 18.8. The fraction of sp³-hybridized carbons (Fsp3) is 0.900. The number of carbonyl (C=O) groups excluding carboxylic acids is 1. The van der Waals surface area contributed by atoms with E-state index < -0.39 is 15.4 Å². The van der Waals surface area contributed by atoms with Crippen molar-refractivity contribution in [2.24, 2.45) is 11.1 Å². The van der Waals surface area contributed by atoms with Gasteiger partial charge in [0.2, 0.25) is 15.9 Å². The van der Waals surface area contributed by atoms with E-state index in [9.17, 15) is 13.2 Å². The Bertz CT molecular complexity index is 369. The van der Waals surface area contributed by atoms with E-state index in [-0.39, 0.29) is 18.2 Å². The highest BCUT2D eigenvalue weighted by molar-refractivity contribution is 7.89. The number of sulfonamides is 1. The summed E-state index contributed by atoms with van der Waals surface area (Å²) in [6, 6.07) is 0. The first-order chi connectivity index (χ1) is 7.84. The van der Waals surface area contributed by atoms with Crippen molar-refractivity contribution in [3.63, 3.8) is 0 Å². The Balaban J connectivity index is 2.40. The number of carbonyl (C=O) groups is 1. The monoisotopic (exact) mass is 263 g/mol. The number of hydrogen-bond acceptors (Lipinski definition) is 4. The molecule has 0 bridgehead atoms. The van der Waals surface area contributed by atoms with Gasteiger partial charge in [-0.3, -0.25) is 4.79 Å². The lowest BCUT2D eigenvalue weighted by Gasteiger charge is -2.39. The van der Waals surface area contributed by atoms with Gasteiger partial charge in [0, 0.05) is 27.2 Å². The van der Waals surface area contributed by atoms with Crippen LogP contribution in [0.25, 0.3) is 0 Å². The Hall–Kier alpha value is -0.660. The van der Waals surface area contributed by atoms with Gasteiger partial charge >= 0.3 is 0 Å². The van der Waals surface area contributed by atoms with E-state index >= 15 is 0 Å². The van der Waals surface area contributed by atoms with Gasteiger partial charge in [0.05, 0.1) is 11.2 Å². The molecule has 0 aromatic carbocycles. The molecule has 0 heterocycles. The van der Waals surface area contributed by atoms with Gasteiger partial charge < -0.3 is 11.1 Å². The lowest BCUT2D eigenvalue weighted by molar-refractivity contribution is -0.135. The summed E-state index contributed by atoms with van der Waals surface area (Å²) in [4.78, 5) is 11.8. The summed E-state index contributed by atoms with van der Waals surface area (Å²) in [6.45, 7) is 0.473.